The number of hydrogen-bond donors (Lipinski definition) is 0. The minimum absolute atomic E-state index is 0.103. The zero-order chi connectivity index (χ0) is 16.7. The maximum absolute atomic E-state index is 13.8. The van der Waals surface area contributed by atoms with E-state index in [1.807, 2.05) is 6.07 Å². The van der Waals surface area contributed by atoms with Crippen LogP contribution in [0.15, 0.2) is 54.4 Å². The summed E-state index contributed by atoms with van der Waals surface area (Å²) in [5.41, 5.74) is 2.30. The maximum atomic E-state index is 13.8. The lowest BCUT2D eigenvalue weighted by molar-refractivity contribution is 0.559. The highest BCUT2D eigenvalue weighted by Gasteiger charge is 2.07. The highest BCUT2D eigenvalue weighted by Crippen LogP contribution is 2.24. The largest absolute Gasteiger partial charge is 0.209 e. The molecule has 1 nitrogen and oxygen atoms in total. The predicted octanol–water partition coefficient (Wildman–Crippen LogP) is 5.37. The van der Waals surface area contributed by atoms with Gasteiger partial charge in [-0.2, -0.15) is 5.26 Å². The summed E-state index contributed by atoms with van der Waals surface area (Å²) in [7, 11) is 0. The lowest BCUT2D eigenvalue weighted by Gasteiger charge is -2.01. The normalized spacial score (nSPS) is 11.0. The van der Waals surface area contributed by atoms with Gasteiger partial charge in [-0.25, -0.2) is 8.78 Å². The van der Waals surface area contributed by atoms with E-state index in [2.05, 4.69) is 11.8 Å². The Morgan fingerprint density at radius 1 is 0.870 bits per heavy atom. The summed E-state index contributed by atoms with van der Waals surface area (Å²) in [4.78, 5) is 0. The number of hydrogen-bond acceptors (Lipinski definition) is 1. The van der Waals surface area contributed by atoms with Gasteiger partial charge >= 0.3 is 0 Å². The molecule has 0 heterocycles. The molecule has 0 bridgehead atoms. The lowest BCUT2D eigenvalue weighted by Crippen LogP contribution is -1.84. The molecule has 0 aliphatic rings. The first-order valence-corrected chi connectivity index (χ1v) is 7.30. The molecule has 23 heavy (non-hydrogen) atoms. The van der Waals surface area contributed by atoms with Crippen molar-refractivity contribution in [2.24, 2.45) is 0 Å². The van der Waals surface area contributed by atoms with Crippen LogP contribution < -0.4 is 0 Å². The Kier molecular flexibility index (Phi) is 5.67. The zero-order valence-corrected chi connectivity index (χ0v) is 12.7. The van der Waals surface area contributed by atoms with Gasteiger partial charge in [-0.1, -0.05) is 30.9 Å². The van der Waals surface area contributed by atoms with E-state index in [1.54, 1.807) is 43.3 Å². The summed E-state index contributed by atoms with van der Waals surface area (Å²) in [6, 6.07) is 15.3. The molecule has 0 atom stereocenters. The molecule has 0 fully saturated rings. The van der Waals surface area contributed by atoms with Gasteiger partial charge in [0.1, 0.15) is 5.83 Å². The Bertz CT molecular complexity index is 798. The number of allylic oxidation sites excluding steroid dienone is 1. The summed E-state index contributed by atoms with van der Waals surface area (Å²) in [6.45, 7) is 1.80. The summed E-state index contributed by atoms with van der Waals surface area (Å²) in [5.74, 6) is 4.39. The summed E-state index contributed by atoms with van der Waals surface area (Å²) >= 11 is 0. The molecular formula is C20H15F2N. The zero-order valence-electron chi connectivity index (χ0n) is 12.7. The van der Waals surface area contributed by atoms with Crippen molar-refractivity contribution in [2.75, 3.05) is 0 Å². The van der Waals surface area contributed by atoms with Gasteiger partial charge in [0, 0.05) is 23.1 Å². The number of nitrogens with zero attached hydrogens (tertiary/aromatic N) is 1. The third kappa shape index (κ3) is 4.53. The van der Waals surface area contributed by atoms with E-state index in [4.69, 9.17) is 5.26 Å². The standard InChI is InChI=1S/C20H15F2N/c1-2-3-19(21)20(22)18-12-10-16(11-13-18)5-4-15-6-8-17(14-23)9-7-15/h6-13H,2-3H2,1H3/b20-19+. The Balaban J connectivity index is 2.16. The molecule has 0 aliphatic carbocycles. The fourth-order valence-corrected chi connectivity index (χ4v) is 1.96. The summed E-state index contributed by atoms with van der Waals surface area (Å²) in [5, 5.41) is 8.73. The van der Waals surface area contributed by atoms with Crippen LogP contribution in [0.25, 0.3) is 5.83 Å². The van der Waals surface area contributed by atoms with Gasteiger partial charge in [0.2, 0.25) is 0 Å². The van der Waals surface area contributed by atoms with Crippen molar-refractivity contribution < 1.29 is 8.78 Å². The molecule has 2 aromatic rings. The predicted molar refractivity (Wildman–Crippen MR) is 87.6 cm³/mol. The third-order valence-electron chi connectivity index (χ3n) is 3.21. The molecule has 0 amide bonds. The average molecular weight is 307 g/mol. The van der Waals surface area contributed by atoms with Crippen LogP contribution in [0.3, 0.4) is 0 Å². The second-order valence-electron chi connectivity index (χ2n) is 4.99. The van der Waals surface area contributed by atoms with E-state index in [0.29, 0.717) is 17.5 Å². The van der Waals surface area contributed by atoms with Crippen molar-refractivity contribution in [3.8, 4) is 17.9 Å². The topological polar surface area (TPSA) is 23.8 Å². The number of benzene rings is 2. The Morgan fingerprint density at radius 2 is 1.35 bits per heavy atom. The molecule has 0 N–H and O–H groups in total. The first-order chi connectivity index (χ1) is 11.1. The Morgan fingerprint density at radius 3 is 1.83 bits per heavy atom. The van der Waals surface area contributed by atoms with Crippen molar-refractivity contribution in [2.45, 2.75) is 19.8 Å². The molecule has 0 saturated carbocycles. The van der Waals surface area contributed by atoms with Gasteiger partial charge in [0.05, 0.1) is 11.6 Å². The van der Waals surface area contributed by atoms with Crippen molar-refractivity contribution in [3.05, 3.63) is 76.6 Å². The molecule has 0 spiro atoms. The lowest BCUT2D eigenvalue weighted by atomic mass is 10.1. The van der Waals surface area contributed by atoms with Gasteiger partial charge in [0.15, 0.2) is 5.83 Å². The van der Waals surface area contributed by atoms with Crippen LogP contribution in [-0.4, -0.2) is 0 Å². The fourth-order valence-electron chi connectivity index (χ4n) is 1.96. The number of halogens is 2. The van der Waals surface area contributed by atoms with E-state index in [9.17, 15) is 8.78 Å². The molecule has 0 radical (unpaired) electrons. The van der Waals surface area contributed by atoms with Gasteiger partial charge in [-0.15, -0.1) is 0 Å². The SMILES string of the molecule is CCC/C(F)=C(\F)c1ccc(C#Cc2ccc(C#N)cc2)cc1. The highest BCUT2D eigenvalue weighted by molar-refractivity contribution is 5.62. The number of rotatable bonds is 3. The number of nitriles is 1. The van der Waals surface area contributed by atoms with E-state index in [0.717, 1.165) is 5.56 Å². The molecule has 3 heteroatoms. The fraction of sp³-hybridized carbons (Fsp3) is 0.150. The Hall–Kier alpha value is -2.91. The minimum Gasteiger partial charge on any atom is -0.209 e. The summed E-state index contributed by atoms with van der Waals surface area (Å²) in [6.07, 6.45) is 0.666. The van der Waals surface area contributed by atoms with Gasteiger partial charge < -0.3 is 0 Å². The Labute approximate surface area is 134 Å². The van der Waals surface area contributed by atoms with Gasteiger partial charge in [-0.3, -0.25) is 0 Å². The average Bonchev–Trinajstić information content (AvgIpc) is 2.60. The van der Waals surface area contributed by atoms with Crippen LogP contribution >= 0.6 is 0 Å². The first-order valence-electron chi connectivity index (χ1n) is 7.30. The van der Waals surface area contributed by atoms with E-state index < -0.39 is 11.7 Å². The summed E-state index contributed by atoms with van der Waals surface area (Å²) < 4.78 is 27.3. The third-order valence-corrected chi connectivity index (χ3v) is 3.21. The molecule has 0 aliphatic heterocycles. The monoisotopic (exact) mass is 307 g/mol. The van der Waals surface area contributed by atoms with Gasteiger partial charge in [0.25, 0.3) is 0 Å². The molecule has 0 aromatic heterocycles. The highest BCUT2D eigenvalue weighted by atomic mass is 19.2. The quantitative estimate of drug-likeness (QED) is 0.700. The van der Waals surface area contributed by atoms with Crippen LogP contribution in [0.2, 0.25) is 0 Å². The molecular weight excluding hydrogens is 292 g/mol. The first kappa shape index (κ1) is 16.5. The van der Waals surface area contributed by atoms with E-state index in [1.165, 1.54) is 12.1 Å². The van der Waals surface area contributed by atoms with Crippen LogP contribution in [0.4, 0.5) is 8.78 Å². The molecule has 0 saturated heterocycles. The van der Waals surface area contributed by atoms with Crippen LogP contribution in [-0.2, 0) is 0 Å². The van der Waals surface area contributed by atoms with Crippen molar-refractivity contribution >= 4 is 5.83 Å². The van der Waals surface area contributed by atoms with E-state index in [-0.39, 0.29) is 12.0 Å². The van der Waals surface area contributed by atoms with Crippen LogP contribution in [0.5, 0.6) is 0 Å². The van der Waals surface area contributed by atoms with Crippen molar-refractivity contribution in [1.29, 1.82) is 5.26 Å². The second kappa shape index (κ2) is 7.92. The molecule has 2 rings (SSSR count). The maximum Gasteiger partial charge on any atom is 0.161 e. The van der Waals surface area contributed by atoms with Crippen LogP contribution in [0, 0.1) is 23.2 Å². The van der Waals surface area contributed by atoms with Crippen molar-refractivity contribution in [3.63, 3.8) is 0 Å². The minimum atomic E-state index is -0.807. The van der Waals surface area contributed by atoms with Crippen molar-refractivity contribution in [1.82, 2.24) is 0 Å². The van der Waals surface area contributed by atoms with Gasteiger partial charge in [-0.05, 0) is 42.8 Å². The second-order valence-corrected chi connectivity index (χ2v) is 4.99. The molecule has 2 aromatic carbocycles. The molecule has 114 valence electrons. The molecule has 0 unspecified atom stereocenters. The smallest absolute Gasteiger partial charge is 0.161 e. The van der Waals surface area contributed by atoms with E-state index >= 15 is 0 Å². The van der Waals surface area contributed by atoms with Crippen LogP contribution in [0.1, 0.15) is 42.0 Å².